The summed E-state index contributed by atoms with van der Waals surface area (Å²) in [6.45, 7) is 0. The number of thiophene rings is 1. The molecule has 3 heterocycles. The van der Waals surface area contributed by atoms with Gasteiger partial charge in [0.15, 0.2) is 5.69 Å². The zero-order valence-electron chi connectivity index (χ0n) is 8.57. The van der Waals surface area contributed by atoms with E-state index in [9.17, 15) is 4.79 Å². The first-order chi connectivity index (χ1) is 8.25. The lowest BCUT2D eigenvalue weighted by molar-refractivity contribution is 0.0691. The molecule has 0 saturated heterocycles. The first-order valence-corrected chi connectivity index (χ1v) is 5.80. The molecule has 0 aliphatic heterocycles. The Balaban J connectivity index is 2.29. The predicted molar refractivity (Wildman–Crippen MR) is 63.3 cm³/mol. The van der Waals surface area contributed by atoms with Gasteiger partial charge in [-0.1, -0.05) is 0 Å². The van der Waals surface area contributed by atoms with E-state index in [1.54, 1.807) is 21.9 Å². The number of imidazole rings is 1. The van der Waals surface area contributed by atoms with Gasteiger partial charge < -0.3 is 5.11 Å². The fourth-order valence-electron chi connectivity index (χ4n) is 1.64. The zero-order chi connectivity index (χ0) is 11.8. The Morgan fingerprint density at radius 1 is 1.41 bits per heavy atom. The maximum atomic E-state index is 10.9. The standard InChI is InChI=1S/C11H7N3O2S/c15-10(16)8-5-14-9(7-2-4-17-6-7)1-3-12-11(14)13-8/h1-6H,(H,15,16). The highest BCUT2D eigenvalue weighted by Crippen LogP contribution is 2.22. The monoisotopic (exact) mass is 245 g/mol. The summed E-state index contributed by atoms with van der Waals surface area (Å²) < 4.78 is 1.69. The van der Waals surface area contributed by atoms with Gasteiger partial charge in [-0.2, -0.15) is 11.3 Å². The Kier molecular flexibility index (Phi) is 2.15. The Hall–Kier alpha value is -2.21. The number of nitrogens with zero attached hydrogens (tertiary/aromatic N) is 3. The van der Waals surface area contributed by atoms with Gasteiger partial charge in [0.2, 0.25) is 5.78 Å². The van der Waals surface area contributed by atoms with E-state index in [1.165, 1.54) is 6.20 Å². The number of fused-ring (bicyclic) bond motifs is 1. The van der Waals surface area contributed by atoms with Crippen molar-refractivity contribution >= 4 is 23.1 Å². The highest BCUT2D eigenvalue weighted by Gasteiger charge is 2.12. The topological polar surface area (TPSA) is 67.5 Å². The summed E-state index contributed by atoms with van der Waals surface area (Å²) in [5.41, 5.74) is 1.91. The van der Waals surface area contributed by atoms with Crippen LogP contribution in [0.25, 0.3) is 17.0 Å². The molecular weight excluding hydrogens is 238 g/mol. The lowest BCUT2D eigenvalue weighted by Crippen LogP contribution is -1.95. The fourth-order valence-corrected chi connectivity index (χ4v) is 2.29. The van der Waals surface area contributed by atoms with Gasteiger partial charge in [0.25, 0.3) is 0 Å². The van der Waals surface area contributed by atoms with Crippen LogP contribution in [0.5, 0.6) is 0 Å². The summed E-state index contributed by atoms with van der Waals surface area (Å²) >= 11 is 1.59. The summed E-state index contributed by atoms with van der Waals surface area (Å²) in [6.07, 6.45) is 3.11. The van der Waals surface area contributed by atoms with E-state index in [4.69, 9.17) is 5.11 Å². The first-order valence-electron chi connectivity index (χ1n) is 4.85. The maximum absolute atomic E-state index is 10.9. The van der Waals surface area contributed by atoms with Crippen molar-refractivity contribution < 1.29 is 9.90 Å². The summed E-state index contributed by atoms with van der Waals surface area (Å²) in [6, 6.07) is 3.81. The van der Waals surface area contributed by atoms with E-state index in [-0.39, 0.29) is 5.69 Å². The molecule has 0 aliphatic rings. The van der Waals surface area contributed by atoms with Crippen LogP contribution < -0.4 is 0 Å². The van der Waals surface area contributed by atoms with Crippen LogP contribution >= 0.6 is 11.3 Å². The number of rotatable bonds is 2. The molecule has 1 N–H and O–H groups in total. The molecular formula is C11H7N3O2S. The van der Waals surface area contributed by atoms with Gasteiger partial charge in [0.1, 0.15) is 0 Å². The van der Waals surface area contributed by atoms with Gasteiger partial charge in [0.05, 0.1) is 5.69 Å². The Bertz CT molecular complexity index is 688. The van der Waals surface area contributed by atoms with E-state index in [1.807, 2.05) is 22.9 Å². The van der Waals surface area contributed by atoms with Crippen molar-refractivity contribution in [1.82, 2.24) is 14.4 Å². The highest BCUT2D eigenvalue weighted by atomic mass is 32.1. The van der Waals surface area contributed by atoms with Gasteiger partial charge in [0, 0.05) is 23.3 Å². The third kappa shape index (κ3) is 1.58. The molecule has 0 saturated carbocycles. The summed E-state index contributed by atoms with van der Waals surface area (Å²) in [5, 5.41) is 12.9. The maximum Gasteiger partial charge on any atom is 0.356 e. The molecule has 0 spiro atoms. The Labute approximate surface area is 100 Å². The van der Waals surface area contributed by atoms with E-state index in [0.29, 0.717) is 5.78 Å². The summed E-state index contributed by atoms with van der Waals surface area (Å²) in [4.78, 5) is 18.9. The van der Waals surface area contributed by atoms with Crippen LogP contribution in [0.1, 0.15) is 10.5 Å². The molecule has 0 radical (unpaired) electrons. The van der Waals surface area contributed by atoms with Crippen LogP contribution in [0.15, 0.2) is 35.3 Å². The smallest absolute Gasteiger partial charge is 0.356 e. The molecule has 3 aromatic rings. The van der Waals surface area contributed by atoms with Crippen molar-refractivity contribution in [2.24, 2.45) is 0 Å². The molecule has 0 atom stereocenters. The SMILES string of the molecule is O=C(O)c1cn2c(-c3ccsc3)ccnc2n1. The largest absolute Gasteiger partial charge is 0.476 e. The minimum atomic E-state index is -1.05. The molecule has 0 aliphatic carbocycles. The minimum absolute atomic E-state index is 0.000166. The third-order valence-corrected chi connectivity index (χ3v) is 3.09. The fraction of sp³-hybridized carbons (Fsp3) is 0. The number of aromatic nitrogens is 3. The van der Waals surface area contributed by atoms with Crippen molar-refractivity contribution in [3.05, 3.63) is 41.0 Å². The second-order valence-electron chi connectivity index (χ2n) is 3.44. The van der Waals surface area contributed by atoms with E-state index >= 15 is 0 Å². The normalized spacial score (nSPS) is 10.8. The molecule has 0 bridgehead atoms. The molecule has 0 unspecified atom stereocenters. The van der Waals surface area contributed by atoms with Crippen LogP contribution in [-0.2, 0) is 0 Å². The molecule has 3 aromatic heterocycles. The Morgan fingerprint density at radius 2 is 2.29 bits per heavy atom. The van der Waals surface area contributed by atoms with Gasteiger partial charge in [-0.3, -0.25) is 4.40 Å². The van der Waals surface area contributed by atoms with Gasteiger partial charge >= 0.3 is 5.97 Å². The second kappa shape index (κ2) is 3.67. The number of hydrogen-bond donors (Lipinski definition) is 1. The number of aromatic carboxylic acids is 1. The van der Waals surface area contributed by atoms with Crippen molar-refractivity contribution in [1.29, 1.82) is 0 Å². The highest BCUT2D eigenvalue weighted by molar-refractivity contribution is 7.08. The quantitative estimate of drug-likeness (QED) is 0.751. The molecule has 17 heavy (non-hydrogen) atoms. The van der Waals surface area contributed by atoms with Crippen LogP contribution in [0, 0.1) is 0 Å². The van der Waals surface area contributed by atoms with Crippen molar-refractivity contribution in [3.63, 3.8) is 0 Å². The van der Waals surface area contributed by atoms with Gasteiger partial charge in [-0.15, -0.1) is 0 Å². The summed E-state index contributed by atoms with van der Waals surface area (Å²) in [7, 11) is 0. The molecule has 0 aromatic carbocycles. The van der Waals surface area contributed by atoms with Crippen LogP contribution in [-0.4, -0.2) is 25.4 Å². The molecule has 0 amide bonds. The van der Waals surface area contributed by atoms with E-state index in [2.05, 4.69) is 9.97 Å². The van der Waals surface area contributed by atoms with Crippen LogP contribution in [0.4, 0.5) is 0 Å². The van der Waals surface area contributed by atoms with Crippen molar-refractivity contribution in [2.75, 3.05) is 0 Å². The number of carbonyl (C=O) groups is 1. The average molecular weight is 245 g/mol. The minimum Gasteiger partial charge on any atom is -0.476 e. The van der Waals surface area contributed by atoms with Crippen molar-refractivity contribution in [3.8, 4) is 11.3 Å². The molecule has 0 fully saturated rings. The number of carboxylic acids is 1. The molecule has 6 heteroatoms. The molecule has 5 nitrogen and oxygen atoms in total. The number of carboxylic acid groups (broad SMARTS) is 1. The average Bonchev–Trinajstić information content (AvgIpc) is 2.97. The van der Waals surface area contributed by atoms with E-state index in [0.717, 1.165) is 11.3 Å². The number of hydrogen-bond acceptors (Lipinski definition) is 4. The Morgan fingerprint density at radius 3 is 3.00 bits per heavy atom. The predicted octanol–water partition coefficient (Wildman–Crippen LogP) is 2.16. The summed E-state index contributed by atoms with van der Waals surface area (Å²) in [5.74, 6) is -0.655. The van der Waals surface area contributed by atoms with Crippen molar-refractivity contribution in [2.45, 2.75) is 0 Å². The van der Waals surface area contributed by atoms with E-state index < -0.39 is 5.97 Å². The van der Waals surface area contributed by atoms with Crippen LogP contribution in [0.3, 0.4) is 0 Å². The lowest BCUT2D eigenvalue weighted by atomic mass is 10.2. The second-order valence-corrected chi connectivity index (χ2v) is 4.22. The zero-order valence-corrected chi connectivity index (χ0v) is 9.39. The van der Waals surface area contributed by atoms with Gasteiger partial charge in [-0.05, 0) is 17.5 Å². The van der Waals surface area contributed by atoms with Crippen LogP contribution in [0.2, 0.25) is 0 Å². The van der Waals surface area contributed by atoms with Gasteiger partial charge in [-0.25, -0.2) is 14.8 Å². The molecule has 3 rings (SSSR count). The lowest BCUT2D eigenvalue weighted by Gasteiger charge is -2.00. The molecule has 84 valence electrons. The first kappa shape index (κ1) is 9.98. The third-order valence-electron chi connectivity index (χ3n) is 2.41.